The van der Waals surface area contributed by atoms with Crippen molar-refractivity contribution in [2.45, 2.75) is 6.10 Å². The lowest BCUT2D eigenvalue weighted by Crippen LogP contribution is -1.97. The summed E-state index contributed by atoms with van der Waals surface area (Å²) in [5.74, 6) is 0.250. The molecule has 1 rings (SSSR count). The summed E-state index contributed by atoms with van der Waals surface area (Å²) < 4.78 is 1.12. The summed E-state index contributed by atoms with van der Waals surface area (Å²) in [5, 5.41) is 9.32. The van der Waals surface area contributed by atoms with Gasteiger partial charge < -0.3 is 5.11 Å². The Morgan fingerprint density at radius 2 is 2.27 bits per heavy atom. The molecule has 0 aliphatic rings. The Bertz CT molecular complexity index is 239. The second-order valence-corrected chi connectivity index (χ2v) is 3.78. The Balaban J connectivity index is 2.86. The maximum atomic E-state index is 9.32. The third kappa shape index (κ3) is 2.61. The van der Waals surface area contributed by atoms with Gasteiger partial charge in [0.05, 0.1) is 12.0 Å². The zero-order valence-corrected chi connectivity index (χ0v) is 8.71. The topological polar surface area (TPSA) is 20.2 Å². The van der Waals surface area contributed by atoms with E-state index in [1.54, 1.807) is 0 Å². The van der Waals surface area contributed by atoms with Crippen LogP contribution in [0.5, 0.6) is 0 Å². The predicted molar refractivity (Wildman–Crippen MR) is 54.8 cm³/mol. The van der Waals surface area contributed by atoms with Crippen LogP contribution in [0.25, 0.3) is 0 Å². The molecule has 0 saturated heterocycles. The number of benzene rings is 1. The molecule has 1 aromatic carbocycles. The fourth-order valence-corrected chi connectivity index (χ4v) is 1.55. The molecule has 1 atom stereocenters. The van der Waals surface area contributed by atoms with Gasteiger partial charge in [0.15, 0.2) is 0 Å². The van der Waals surface area contributed by atoms with Crippen molar-refractivity contribution in [3.63, 3.8) is 0 Å². The van der Waals surface area contributed by atoms with E-state index in [4.69, 9.17) is 11.6 Å². The lowest BCUT2D eigenvalue weighted by Gasteiger charge is -2.06. The first-order chi connectivity index (χ1) is 5.24. The summed E-state index contributed by atoms with van der Waals surface area (Å²) >= 11 is 7.69. The average Bonchev–Trinajstić information content (AvgIpc) is 2.03. The maximum absolute atomic E-state index is 9.32. The normalized spacial score (nSPS) is 13.0. The molecule has 11 heavy (non-hydrogen) atoms. The number of alkyl halides is 1. The number of rotatable bonds is 2. The smallest absolute Gasteiger partial charge is 0.0925 e. The molecule has 0 heterocycles. The second-order valence-electron chi connectivity index (χ2n) is 2.23. The first-order valence-electron chi connectivity index (χ1n) is 3.23. The highest BCUT2D eigenvalue weighted by atomic mass is 127. The van der Waals surface area contributed by atoms with Crippen molar-refractivity contribution in [3.05, 3.63) is 33.4 Å². The minimum Gasteiger partial charge on any atom is -0.387 e. The summed E-state index contributed by atoms with van der Waals surface area (Å²) in [6.45, 7) is 0. The Morgan fingerprint density at radius 1 is 1.55 bits per heavy atom. The van der Waals surface area contributed by atoms with E-state index in [9.17, 15) is 5.11 Å². The van der Waals surface area contributed by atoms with Crippen LogP contribution in [0.1, 0.15) is 11.7 Å². The quantitative estimate of drug-likeness (QED) is 0.653. The van der Waals surface area contributed by atoms with Gasteiger partial charge in [-0.05, 0) is 40.3 Å². The molecule has 0 radical (unpaired) electrons. The van der Waals surface area contributed by atoms with Crippen molar-refractivity contribution >= 4 is 34.2 Å². The number of hydrogen-bond acceptors (Lipinski definition) is 1. The molecule has 1 aromatic rings. The number of hydrogen-bond donors (Lipinski definition) is 1. The highest BCUT2D eigenvalue weighted by Gasteiger charge is 2.04. The zero-order valence-electron chi connectivity index (χ0n) is 5.80. The van der Waals surface area contributed by atoms with E-state index in [1.165, 1.54) is 0 Å². The minimum atomic E-state index is -0.536. The molecule has 1 unspecified atom stereocenters. The van der Waals surface area contributed by atoms with Crippen LogP contribution in [0.2, 0.25) is 0 Å². The number of halogens is 2. The molecule has 0 spiro atoms. The van der Waals surface area contributed by atoms with E-state index in [1.807, 2.05) is 24.3 Å². The Hall–Kier alpha value is 0.200. The van der Waals surface area contributed by atoms with Crippen molar-refractivity contribution in [3.8, 4) is 0 Å². The Kier molecular flexibility index (Phi) is 3.62. The van der Waals surface area contributed by atoms with Crippen LogP contribution in [0.3, 0.4) is 0 Å². The fraction of sp³-hybridized carbons (Fsp3) is 0.250. The van der Waals surface area contributed by atoms with Gasteiger partial charge in [0.2, 0.25) is 0 Å². The predicted octanol–water partition coefficient (Wildman–Crippen LogP) is 2.56. The van der Waals surface area contributed by atoms with E-state index in [-0.39, 0.29) is 5.88 Å². The lowest BCUT2D eigenvalue weighted by molar-refractivity contribution is 0.202. The Labute approximate surface area is 84.5 Å². The standard InChI is InChI=1S/C8H8ClIO/c9-5-8(11)6-2-1-3-7(10)4-6/h1-4,8,11H,5H2. The third-order valence-corrected chi connectivity index (χ3v) is 2.34. The summed E-state index contributed by atoms with van der Waals surface area (Å²) in [5.41, 5.74) is 0.881. The van der Waals surface area contributed by atoms with Crippen molar-refractivity contribution in [2.24, 2.45) is 0 Å². The van der Waals surface area contributed by atoms with Crippen LogP contribution in [0.4, 0.5) is 0 Å². The average molecular weight is 283 g/mol. The van der Waals surface area contributed by atoms with Gasteiger partial charge in [-0.2, -0.15) is 0 Å². The molecule has 0 aliphatic carbocycles. The van der Waals surface area contributed by atoms with Crippen molar-refractivity contribution in [2.75, 3.05) is 5.88 Å². The Morgan fingerprint density at radius 3 is 2.82 bits per heavy atom. The molecule has 60 valence electrons. The van der Waals surface area contributed by atoms with Crippen molar-refractivity contribution < 1.29 is 5.11 Å². The molecule has 3 heteroatoms. The largest absolute Gasteiger partial charge is 0.387 e. The van der Waals surface area contributed by atoms with E-state index in [0.717, 1.165) is 9.13 Å². The van der Waals surface area contributed by atoms with Crippen LogP contribution < -0.4 is 0 Å². The highest BCUT2D eigenvalue weighted by Crippen LogP contribution is 2.16. The second kappa shape index (κ2) is 4.28. The van der Waals surface area contributed by atoms with Gasteiger partial charge in [-0.1, -0.05) is 12.1 Å². The fourth-order valence-electron chi connectivity index (χ4n) is 0.803. The maximum Gasteiger partial charge on any atom is 0.0925 e. The van der Waals surface area contributed by atoms with Crippen LogP contribution >= 0.6 is 34.2 Å². The van der Waals surface area contributed by atoms with E-state index in [0.29, 0.717) is 0 Å². The highest BCUT2D eigenvalue weighted by molar-refractivity contribution is 14.1. The molecular weight excluding hydrogens is 274 g/mol. The van der Waals surface area contributed by atoms with E-state index < -0.39 is 6.10 Å². The van der Waals surface area contributed by atoms with Crippen molar-refractivity contribution in [1.82, 2.24) is 0 Å². The van der Waals surface area contributed by atoms with Crippen LogP contribution in [0, 0.1) is 3.57 Å². The molecule has 0 amide bonds. The first kappa shape index (κ1) is 9.29. The van der Waals surface area contributed by atoms with Gasteiger partial charge in [-0.25, -0.2) is 0 Å². The molecule has 1 nitrogen and oxygen atoms in total. The number of aliphatic hydroxyl groups is 1. The summed E-state index contributed by atoms with van der Waals surface area (Å²) in [6.07, 6.45) is -0.536. The van der Waals surface area contributed by atoms with Crippen molar-refractivity contribution in [1.29, 1.82) is 0 Å². The molecule has 0 aromatic heterocycles. The van der Waals surface area contributed by atoms with Gasteiger partial charge >= 0.3 is 0 Å². The summed E-state index contributed by atoms with van der Waals surface area (Å²) in [6, 6.07) is 7.68. The minimum absolute atomic E-state index is 0.250. The first-order valence-corrected chi connectivity index (χ1v) is 4.85. The van der Waals surface area contributed by atoms with Gasteiger partial charge in [0.1, 0.15) is 0 Å². The molecular formula is C8H8ClIO. The molecule has 1 N–H and O–H groups in total. The molecule has 0 fully saturated rings. The molecule has 0 bridgehead atoms. The van der Waals surface area contributed by atoms with Gasteiger partial charge in [-0.15, -0.1) is 11.6 Å². The van der Waals surface area contributed by atoms with E-state index in [2.05, 4.69) is 22.6 Å². The van der Waals surface area contributed by atoms with Gasteiger partial charge in [0, 0.05) is 3.57 Å². The summed E-state index contributed by atoms with van der Waals surface area (Å²) in [4.78, 5) is 0. The van der Waals surface area contributed by atoms with Gasteiger partial charge in [-0.3, -0.25) is 0 Å². The van der Waals surface area contributed by atoms with Gasteiger partial charge in [0.25, 0.3) is 0 Å². The molecule has 0 saturated carbocycles. The third-order valence-electron chi connectivity index (χ3n) is 1.38. The lowest BCUT2D eigenvalue weighted by atomic mass is 10.1. The number of aliphatic hydroxyl groups excluding tert-OH is 1. The monoisotopic (exact) mass is 282 g/mol. The molecule has 0 aliphatic heterocycles. The van der Waals surface area contributed by atoms with Crippen LogP contribution in [-0.2, 0) is 0 Å². The van der Waals surface area contributed by atoms with E-state index >= 15 is 0 Å². The SMILES string of the molecule is OC(CCl)c1cccc(I)c1. The van der Waals surface area contributed by atoms with Crippen LogP contribution in [0.15, 0.2) is 24.3 Å². The zero-order chi connectivity index (χ0) is 8.27. The van der Waals surface area contributed by atoms with Crippen LogP contribution in [-0.4, -0.2) is 11.0 Å². The summed E-state index contributed by atoms with van der Waals surface area (Å²) in [7, 11) is 0.